The molecule has 1 aliphatic carbocycles. The van der Waals surface area contributed by atoms with Gasteiger partial charge in [-0.3, -0.25) is 9.52 Å². The topological polar surface area (TPSA) is 138 Å². The molecule has 0 aliphatic heterocycles. The summed E-state index contributed by atoms with van der Waals surface area (Å²) in [5.41, 5.74) is 3.25. The molecule has 1 aromatic carbocycles. The second kappa shape index (κ2) is 10.8. The van der Waals surface area contributed by atoms with E-state index in [-0.39, 0.29) is 22.0 Å². The van der Waals surface area contributed by atoms with Gasteiger partial charge in [0.2, 0.25) is 5.91 Å². The summed E-state index contributed by atoms with van der Waals surface area (Å²) in [4.78, 5) is 17.7. The lowest BCUT2D eigenvalue weighted by atomic mass is 9.71. The predicted octanol–water partition coefficient (Wildman–Crippen LogP) is 5.32. The van der Waals surface area contributed by atoms with E-state index in [0.29, 0.717) is 28.0 Å². The number of aromatic nitrogens is 2. The SMILES string of the molecule is Cc1cc(NS(=O)(=O)c2ccc(NC(=O)C(C)Sc3nc4c(cc3C#N)CC(C(C)(C)C)CC4)cc2)no1. The van der Waals surface area contributed by atoms with Crippen molar-refractivity contribution in [3.63, 3.8) is 0 Å². The number of fused-ring (bicyclic) bond motifs is 1. The maximum absolute atomic E-state index is 12.9. The van der Waals surface area contributed by atoms with Gasteiger partial charge in [-0.2, -0.15) is 5.26 Å². The average molecular weight is 554 g/mol. The van der Waals surface area contributed by atoms with Crippen molar-refractivity contribution in [1.29, 1.82) is 5.26 Å². The van der Waals surface area contributed by atoms with Crippen LogP contribution < -0.4 is 10.0 Å². The number of hydrogen-bond acceptors (Lipinski definition) is 8. The van der Waals surface area contributed by atoms with Crippen LogP contribution in [-0.2, 0) is 27.7 Å². The summed E-state index contributed by atoms with van der Waals surface area (Å²) in [6, 6.07) is 11.5. The molecular formula is C27H31N5O4S2. The Labute approximate surface area is 227 Å². The number of hydrogen-bond donors (Lipinski definition) is 2. The van der Waals surface area contributed by atoms with Gasteiger partial charge in [0, 0.05) is 17.4 Å². The average Bonchev–Trinajstić information content (AvgIpc) is 3.26. The number of pyridine rings is 1. The lowest BCUT2D eigenvalue weighted by Crippen LogP contribution is -2.27. The molecule has 2 N–H and O–H groups in total. The van der Waals surface area contributed by atoms with Gasteiger partial charge in [0.25, 0.3) is 10.0 Å². The molecule has 1 aliphatic rings. The highest BCUT2D eigenvalue weighted by molar-refractivity contribution is 8.00. The second-order valence-electron chi connectivity index (χ2n) is 10.6. The highest BCUT2D eigenvalue weighted by Crippen LogP contribution is 2.38. The molecule has 0 spiro atoms. The number of nitrogens with one attached hydrogen (secondary N) is 2. The van der Waals surface area contributed by atoms with Crippen LogP contribution in [0.1, 0.15) is 56.7 Å². The van der Waals surface area contributed by atoms with Crippen molar-refractivity contribution in [3.05, 3.63) is 59.0 Å². The third-order valence-electron chi connectivity index (χ3n) is 6.65. The molecule has 0 saturated carbocycles. The zero-order valence-corrected chi connectivity index (χ0v) is 23.7. The van der Waals surface area contributed by atoms with Crippen molar-refractivity contribution in [2.45, 2.75) is 69.1 Å². The number of nitriles is 1. The number of thioether (sulfide) groups is 1. The van der Waals surface area contributed by atoms with E-state index < -0.39 is 15.3 Å². The van der Waals surface area contributed by atoms with Gasteiger partial charge in [0.15, 0.2) is 5.82 Å². The molecule has 11 heteroatoms. The van der Waals surface area contributed by atoms with Crippen LogP contribution in [0.5, 0.6) is 0 Å². The summed E-state index contributed by atoms with van der Waals surface area (Å²) >= 11 is 1.24. The minimum Gasteiger partial charge on any atom is -0.360 e. The Morgan fingerprint density at radius 1 is 1.24 bits per heavy atom. The maximum atomic E-state index is 12.9. The molecule has 9 nitrogen and oxygen atoms in total. The molecule has 3 aromatic rings. The summed E-state index contributed by atoms with van der Waals surface area (Å²) in [5, 5.41) is 16.2. The Morgan fingerprint density at radius 2 is 1.95 bits per heavy atom. The number of sulfonamides is 1. The second-order valence-corrected chi connectivity index (χ2v) is 13.6. The van der Waals surface area contributed by atoms with E-state index in [4.69, 9.17) is 9.51 Å². The fourth-order valence-corrected chi connectivity index (χ4v) is 6.23. The largest absolute Gasteiger partial charge is 0.360 e. The first-order chi connectivity index (χ1) is 17.9. The van der Waals surface area contributed by atoms with Gasteiger partial charge < -0.3 is 9.84 Å². The van der Waals surface area contributed by atoms with Crippen LogP contribution in [0, 0.1) is 29.6 Å². The molecule has 2 aromatic heterocycles. The standard InChI is InChI=1S/C27H31N5O4S2/c1-16-12-24(31-36-16)32-38(34,35)22-9-7-21(8-10-22)29-25(33)17(2)37-26-19(15-28)13-18-14-20(27(3,4)5)6-11-23(18)30-26/h7-10,12-13,17,20H,6,11,14H2,1-5H3,(H,29,33)(H,31,32). The molecule has 0 radical (unpaired) electrons. The Hall–Kier alpha value is -3.36. The number of nitrogens with zero attached hydrogens (tertiary/aromatic N) is 3. The van der Waals surface area contributed by atoms with E-state index >= 15 is 0 Å². The van der Waals surface area contributed by atoms with Crippen molar-refractivity contribution in [2.75, 3.05) is 10.0 Å². The Morgan fingerprint density at radius 3 is 2.55 bits per heavy atom. The fourth-order valence-electron chi connectivity index (χ4n) is 4.35. The number of anilines is 2. The first-order valence-corrected chi connectivity index (χ1v) is 14.7. The Bertz CT molecular complexity index is 1490. The molecule has 0 bridgehead atoms. The van der Waals surface area contributed by atoms with Gasteiger partial charge in [0.05, 0.1) is 15.7 Å². The molecular weight excluding hydrogens is 522 g/mol. The number of carbonyl (C=O) groups excluding carboxylic acids is 1. The summed E-state index contributed by atoms with van der Waals surface area (Å²) in [5.74, 6) is 0.829. The van der Waals surface area contributed by atoms with Crippen LogP contribution in [0.15, 0.2) is 50.8 Å². The summed E-state index contributed by atoms with van der Waals surface area (Å²) in [7, 11) is -3.86. The van der Waals surface area contributed by atoms with E-state index in [0.717, 1.165) is 30.5 Å². The van der Waals surface area contributed by atoms with Crippen LogP contribution in [0.4, 0.5) is 11.5 Å². The monoisotopic (exact) mass is 553 g/mol. The van der Waals surface area contributed by atoms with Crippen LogP contribution in [-0.4, -0.2) is 29.7 Å². The van der Waals surface area contributed by atoms with Crippen LogP contribution in [0.2, 0.25) is 0 Å². The fraction of sp³-hybridized carbons (Fsp3) is 0.407. The normalized spacial score (nSPS) is 16.3. The van der Waals surface area contributed by atoms with E-state index in [1.165, 1.54) is 42.1 Å². The number of aryl methyl sites for hydroxylation is 2. The maximum Gasteiger partial charge on any atom is 0.263 e. The van der Waals surface area contributed by atoms with Crippen molar-refractivity contribution in [1.82, 2.24) is 10.1 Å². The number of carbonyl (C=O) groups is 1. The van der Waals surface area contributed by atoms with Crippen molar-refractivity contribution in [3.8, 4) is 6.07 Å². The van der Waals surface area contributed by atoms with Gasteiger partial charge in [0.1, 0.15) is 16.9 Å². The Kier molecular flexibility index (Phi) is 7.85. The van der Waals surface area contributed by atoms with Crippen molar-refractivity contribution in [2.24, 2.45) is 11.3 Å². The van der Waals surface area contributed by atoms with Gasteiger partial charge in [-0.15, -0.1) is 0 Å². The molecule has 1 amide bonds. The van der Waals surface area contributed by atoms with Gasteiger partial charge in [-0.05, 0) is 80.3 Å². The summed E-state index contributed by atoms with van der Waals surface area (Å²) in [6.45, 7) is 10.1. The van der Waals surface area contributed by atoms with E-state index in [1.807, 2.05) is 6.07 Å². The zero-order chi connectivity index (χ0) is 27.7. The molecule has 2 heterocycles. The highest BCUT2D eigenvalue weighted by Gasteiger charge is 2.30. The molecule has 4 rings (SSSR count). The predicted molar refractivity (Wildman–Crippen MR) is 146 cm³/mol. The van der Waals surface area contributed by atoms with Crippen molar-refractivity contribution < 1.29 is 17.7 Å². The van der Waals surface area contributed by atoms with Crippen LogP contribution in [0.3, 0.4) is 0 Å². The highest BCUT2D eigenvalue weighted by atomic mass is 32.2. The zero-order valence-electron chi connectivity index (χ0n) is 22.0. The smallest absolute Gasteiger partial charge is 0.263 e. The quantitative estimate of drug-likeness (QED) is 0.375. The first kappa shape index (κ1) is 27.7. The molecule has 38 heavy (non-hydrogen) atoms. The third kappa shape index (κ3) is 6.37. The van der Waals surface area contributed by atoms with Crippen molar-refractivity contribution >= 4 is 39.2 Å². The van der Waals surface area contributed by atoms with Crippen LogP contribution >= 0.6 is 11.8 Å². The minimum atomic E-state index is -3.86. The van der Waals surface area contributed by atoms with E-state index in [9.17, 15) is 18.5 Å². The lowest BCUT2D eigenvalue weighted by Gasteiger charge is -2.34. The third-order valence-corrected chi connectivity index (χ3v) is 9.13. The van der Waals surface area contributed by atoms with E-state index in [1.54, 1.807) is 13.8 Å². The summed E-state index contributed by atoms with van der Waals surface area (Å²) < 4.78 is 32.4. The molecule has 2 unspecified atom stereocenters. The number of amides is 1. The molecule has 0 saturated heterocycles. The minimum absolute atomic E-state index is 0.0178. The van der Waals surface area contributed by atoms with E-state index in [2.05, 4.69) is 42.0 Å². The molecule has 0 fully saturated rings. The van der Waals surface area contributed by atoms with Gasteiger partial charge in [-0.1, -0.05) is 37.7 Å². The molecule has 2 atom stereocenters. The Balaban J connectivity index is 1.41. The molecule has 200 valence electrons. The van der Waals surface area contributed by atoms with Crippen LogP contribution in [0.25, 0.3) is 0 Å². The summed E-state index contributed by atoms with van der Waals surface area (Å²) in [6.07, 6.45) is 2.81. The van der Waals surface area contributed by atoms with Gasteiger partial charge >= 0.3 is 0 Å². The number of benzene rings is 1. The first-order valence-electron chi connectivity index (χ1n) is 12.3. The lowest BCUT2D eigenvalue weighted by molar-refractivity contribution is -0.115. The number of rotatable bonds is 7. The van der Waals surface area contributed by atoms with Gasteiger partial charge in [-0.25, -0.2) is 13.4 Å².